The van der Waals surface area contributed by atoms with Crippen molar-refractivity contribution in [3.8, 4) is 0 Å². The number of rotatable bonds is 3. The molecule has 66 valence electrons. The van der Waals surface area contributed by atoms with Gasteiger partial charge in [-0.1, -0.05) is 0 Å². The molecule has 0 fully saturated rings. The van der Waals surface area contributed by atoms with Crippen molar-refractivity contribution in [1.29, 1.82) is 0 Å². The molecule has 1 heterocycles. The first kappa shape index (κ1) is 8.77. The Hall–Kier alpha value is -1.32. The fourth-order valence-electron chi connectivity index (χ4n) is 0.854. The van der Waals surface area contributed by atoms with Crippen LogP contribution >= 0.6 is 0 Å². The van der Waals surface area contributed by atoms with Gasteiger partial charge in [0.15, 0.2) is 5.82 Å². The molecule has 4 nitrogen and oxygen atoms in total. The highest BCUT2D eigenvalue weighted by molar-refractivity contribution is 5.58. The van der Waals surface area contributed by atoms with Crippen LogP contribution in [-0.4, -0.2) is 35.1 Å². The molecule has 0 atom stereocenters. The lowest BCUT2D eigenvalue weighted by Gasteiger charge is -2.02. The number of hydrogen-bond donors (Lipinski definition) is 0. The summed E-state index contributed by atoms with van der Waals surface area (Å²) in [5, 5.41) is 4.10. The standard InChI is InChI=1S/C8H14N4/c1-4-12-8(5-6-10-12)9-7-11(2)3/h5-7H,4H2,1-3H3/b9-7+. The van der Waals surface area contributed by atoms with Crippen molar-refractivity contribution in [1.82, 2.24) is 14.7 Å². The molecule has 0 aliphatic carbocycles. The first-order chi connectivity index (χ1) is 5.74. The topological polar surface area (TPSA) is 33.4 Å². The Bertz CT molecular complexity index is 262. The summed E-state index contributed by atoms with van der Waals surface area (Å²) in [6.45, 7) is 2.90. The maximum Gasteiger partial charge on any atom is 0.152 e. The molecule has 0 amide bonds. The maximum atomic E-state index is 4.24. The van der Waals surface area contributed by atoms with E-state index in [1.807, 2.05) is 36.7 Å². The molecule has 0 aliphatic rings. The predicted octanol–water partition coefficient (Wildman–Crippen LogP) is 1.12. The van der Waals surface area contributed by atoms with Crippen LogP contribution in [0.2, 0.25) is 0 Å². The molecule has 0 N–H and O–H groups in total. The van der Waals surface area contributed by atoms with Crippen LogP contribution in [0.1, 0.15) is 6.92 Å². The second-order valence-electron chi connectivity index (χ2n) is 2.71. The number of aryl methyl sites for hydroxylation is 1. The summed E-state index contributed by atoms with van der Waals surface area (Å²) in [6, 6.07) is 1.89. The molecule has 0 unspecified atom stereocenters. The summed E-state index contributed by atoms with van der Waals surface area (Å²) >= 11 is 0. The van der Waals surface area contributed by atoms with Crippen molar-refractivity contribution >= 4 is 12.2 Å². The van der Waals surface area contributed by atoms with Gasteiger partial charge >= 0.3 is 0 Å². The molecule has 1 aromatic heterocycles. The minimum atomic E-state index is 0.854. The van der Waals surface area contributed by atoms with Crippen LogP contribution in [0.5, 0.6) is 0 Å². The fourth-order valence-corrected chi connectivity index (χ4v) is 0.854. The van der Waals surface area contributed by atoms with E-state index in [0.717, 1.165) is 12.4 Å². The number of aromatic nitrogens is 2. The molecule has 0 radical (unpaired) electrons. The average molecular weight is 166 g/mol. The molecule has 12 heavy (non-hydrogen) atoms. The Kier molecular flexibility index (Phi) is 2.85. The summed E-state index contributed by atoms with van der Waals surface area (Å²) in [5.41, 5.74) is 0. The normalized spacial score (nSPS) is 10.9. The van der Waals surface area contributed by atoms with Gasteiger partial charge in [0.25, 0.3) is 0 Å². The zero-order valence-electron chi connectivity index (χ0n) is 7.73. The van der Waals surface area contributed by atoms with Gasteiger partial charge in [0, 0.05) is 26.7 Å². The molecular formula is C8H14N4. The monoisotopic (exact) mass is 166 g/mol. The lowest BCUT2D eigenvalue weighted by atomic mass is 10.6. The number of hydrogen-bond acceptors (Lipinski definition) is 2. The van der Waals surface area contributed by atoms with E-state index in [2.05, 4.69) is 10.1 Å². The molecule has 0 bridgehead atoms. The molecular weight excluding hydrogens is 152 g/mol. The number of nitrogens with zero attached hydrogens (tertiary/aromatic N) is 4. The van der Waals surface area contributed by atoms with E-state index in [4.69, 9.17) is 0 Å². The zero-order valence-corrected chi connectivity index (χ0v) is 7.73. The van der Waals surface area contributed by atoms with Gasteiger partial charge in [0.05, 0.1) is 12.5 Å². The summed E-state index contributed by atoms with van der Waals surface area (Å²) in [7, 11) is 3.88. The highest BCUT2D eigenvalue weighted by Crippen LogP contribution is 2.08. The average Bonchev–Trinajstić information content (AvgIpc) is 2.47. The lowest BCUT2D eigenvalue weighted by molar-refractivity contribution is 0.635. The molecule has 0 spiro atoms. The second-order valence-corrected chi connectivity index (χ2v) is 2.71. The fraction of sp³-hybridized carbons (Fsp3) is 0.500. The first-order valence-corrected chi connectivity index (χ1v) is 3.96. The minimum absolute atomic E-state index is 0.854. The SMILES string of the molecule is CCn1nccc1/N=C/N(C)C. The van der Waals surface area contributed by atoms with Crippen molar-refractivity contribution in [2.75, 3.05) is 14.1 Å². The van der Waals surface area contributed by atoms with Crippen LogP contribution in [0.25, 0.3) is 0 Å². The maximum absolute atomic E-state index is 4.24. The van der Waals surface area contributed by atoms with Gasteiger partial charge in [-0.3, -0.25) is 0 Å². The van der Waals surface area contributed by atoms with Gasteiger partial charge in [-0.05, 0) is 6.92 Å². The highest BCUT2D eigenvalue weighted by atomic mass is 15.3. The first-order valence-electron chi connectivity index (χ1n) is 3.96. The van der Waals surface area contributed by atoms with Gasteiger partial charge in [-0.2, -0.15) is 5.10 Å². The highest BCUT2D eigenvalue weighted by Gasteiger charge is 1.95. The molecule has 0 saturated carbocycles. The largest absolute Gasteiger partial charge is 0.369 e. The van der Waals surface area contributed by atoms with Gasteiger partial charge < -0.3 is 4.90 Å². The quantitative estimate of drug-likeness (QED) is 0.498. The Morgan fingerprint density at radius 3 is 3.00 bits per heavy atom. The number of aliphatic imine (C=N–C) groups is 1. The van der Waals surface area contributed by atoms with Gasteiger partial charge in [-0.25, -0.2) is 9.67 Å². The van der Waals surface area contributed by atoms with E-state index in [0.29, 0.717) is 0 Å². The molecule has 4 heteroatoms. The van der Waals surface area contributed by atoms with Gasteiger partial charge in [-0.15, -0.1) is 0 Å². The van der Waals surface area contributed by atoms with Crippen molar-refractivity contribution in [2.45, 2.75) is 13.5 Å². The summed E-state index contributed by atoms with van der Waals surface area (Å²) in [6.07, 6.45) is 3.52. The molecule has 1 rings (SSSR count). The molecule has 0 saturated heterocycles. The summed E-state index contributed by atoms with van der Waals surface area (Å²) in [4.78, 5) is 6.13. The van der Waals surface area contributed by atoms with Crippen molar-refractivity contribution in [3.05, 3.63) is 12.3 Å². The van der Waals surface area contributed by atoms with Crippen LogP contribution in [-0.2, 0) is 6.54 Å². The van der Waals surface area contributed by atoms with Gasteiger partial charge in [0.2, 0.25) is 0 Å². The minimum Gasteiger partial charge on any atom is -0.369 e. The van der Waals surface area contributed by atoms with E-state index in [1.165, 1.54) is 0 Å². The third-order valence-electron chi connectivity index (χ3n) is 1.41. The van der Waals surface area contributed by atoms with Crippen molar-refractivity contribution in [3.63, 3.8) is 0 Å². The van der Waals surface area contributed by atoms with Crippen LogP contribution in [0.4, 0.5) is 5.82 Å². The Morgan fingerprint density at radius 1 is 1.67 bits per heavy atom. The third kappa shape index (κ3) is 2.08. The van der Waals surface area contributed by atoms with Crippen LogP contribution in [0, 0.1) is 0 Å². The van der Waals surface area contributed by atoms with Crippen molar-refractivity contribution in [2.24, 2.45) is 4.99 Å². The van der Waals surface area contributed by atoms with E-state index < -0.39 is 0 Å². The molecule has 0 aromatic carbocycles. The lowest BCUT2D eigenvalue weighted by Crippen LogP contribution is -2.07. The van der Waals surface area contributed by atoms with E-state index in [9.17, 15) is 0 Å². The van der Waals surface area contributed by atoms with Crippen LogP contribution in [0.15, 0.2) is 17.3 Å². The Morgan fingerprint density at radius 2 is 2.42 bits per heavy atom. The summed E-state index contributed by atoms with van der Waals surface area (Å²) < 4.78 is 1.85. The molecule has 1 aromatic rings. The Balaban J connectivity index is 2.74. The van der Waals surface area contributed by atoms with E-state index in [1.54, 1.807) is 12.5 Å². The van der Waals surface area contributed by atoms with Crippen LogP contribution in [0.3, 0.4) is 0 Å². The van der Waals surface area contributed by atoms with Crippen LogP contribution < -0.4 is 0 Å². The molecule has 0 aliphatic heterocycles. The Labute approximate surface area is 72.5 Å². The second kappa shape index (κ2) is 3.90. The zero-order chi connectivity index (χ0) is 8.97. The van der Waals surface area contributed by atoms with Crippen molar-refractivity contribution < 1.29 is 0 Å². The third-order valence-corrected chi connectivity index (χ3v) is 1.41. The predicted molar refractivity (Wildman–Crippen MR) is 49.7 cm³/mol. The summed E-state index contributed by atoms with van der Waals surface area (Å²) in [5.74, 6) is 0.895. The smallest absolute Gasteiger partial charge is 0.152 e. The van der Waals surface area contributed by atoms with E-state index in [-0.39, 0.29) is 0 Å². The van der Waals surface area contributed by atoms with Gasteiger partial charge in [0.1, 0.15) is 0 Å². The van der Waals surface area contributed by atoms with E-state index >= 15 is 0 Å².